The Morgan fingerprint density at radius 1 is 1.32 bits per heavy atom. The minimum Gasteiger partial charge on any atom is -0.382 e. The van der Waals surface area contributed by atoms with Gasteiger partial charge in [-0.25, -0.2) is 13.1 Å². The van der Waals surface area contributed by atoms with Gasteiger partial charge in [-0.2, -0.15) is 0 Å². The van der Waals surface area contributed by atoms with Crippen molar-refractivity contribution < 1.29 is 8.42 Å². The number of aryl methyl sites for hydroxylation is 1. The first-order valence-electron chi connectivity index (χ1n) is 5.68. The van der Waals surface area contributed by atoms with E-state index in [1.165, 1.54) is 4.68 Å². The van der Waals surface area contributed by atoms with E-state index in [0.29, 0.717) is 0 Å². The smallest absolute Gasteiger partial charge is 0.182 e. The Morgan fingerprint density at radius 2 is 1.95 bits per heavy atom. The molecule has 0 radical (unpaired) electrons. The average molecular weight is 280 g/mol. The lowest BCUT2D eigenvalue weighted by Gasteiger charge is -2.07. The van der Waals surface area contributed by atoms with E-state index in [0.717, 1.165) is 17.5 Å². The summed E-state index contributed by atoms with van der Waals surface area (Å²) in [5, 5.41) is 6.99. The monoisotopic (exact) mass is 280 g/mol. The Kier molecular flexibility index (Phi) is 3.23. The van der Waals surface area contributed by atoms with Gasteiger partial charge >= 0.3 is 0 Å². The first-order valence-corrected chi connectivity index (χ1v) is 7.57. The molecule has 102 valence electrons. The highest BCUT2D eigenvalue weighted by Gasteiger charge is 2.24. The Hall–Kier alpha value is -2.02. The van der Waals surface area contributed by atoms with Crippen LogP contribution in [-0.2, 0) is 9.84 Å². The number of nitrogens with one attached hydrogen (secondary N) is 1. The molecule has 0 amide bonds. The largest absolute Gasteiger partial charge is 0.382 e. The van der Waals surface area contributed by atoms with Crippen LogP contribution >= 0.6 is 0 Å². The number of hydrogen-bond acceptors (Lipinski definition) is 5. The molecule has 0 aliphatic rings. The number of sulfone groups is 1. The first kappa shape index (κ1) is 13.4. The van der Waals surface area contributed by atoms with Crippen LogP contribution in [0.1, 0.15) is 5.56 Å². The third-order valence-electron chi connectivity index (χ3n) is 2.83. The molecular formula is C12H16N4O2S. The molecule has 0 aliphatic heterocycles. The lowest BCUT2D eigenvalue weighted by Crippen LogP contribution is -2.06. The maximum Gasteiger partial charge on any atom is 0.182 e. The molecule has 0 saturated heterocycles. The molecule has 2 rings (SSSR count). The minimum absolute atomic E-state index is 0.0262. The van der Waals surface area contributed by atoms with Crippen molar-refractivity contribution >= 4 is 21.5 Å². The summed E-state index contributed by atoms with van der Waals surface area (Å²) in [6.45, 7) is 1.91. The van der Waals surface area contributed by atoms with Crippen molar-refractivity contribution in [3.05, 3.63) is 29.8 Å². The van der Waals surface area contributed by atoms with Gasteiger partial charge in [0.25, 0.3) is 0 Å². The molecule has 0 saturated carbocycles. The van der Waals surface area contributed by atoms with Gasteiger partial charge < -0.3 is 11.1 Å². The molecule has 0 spiro atoms. The Balaban J connectivity index is 2.75. The van der Waals surface area contributed by atoms with E-state index >= 15 is 0 Å². The number of nitrogens with two attached hydrogens (primary N) is 1. The maximum absolute atomic E-state index is 11.8. The zero-order chi connectivity index (χ0) is 14.2. The molecule has 3 N–H and O–H groups in total. The predicted molar refractivity (Wildman–Crippen MR) is 75.4 cm³/mol. The quantitative estimate of drug-likeness (QED) is 0.882. The van der Waals surface area contributed by atoms with Gasteiger partial charge in [0, 0.05) is 13.3 Å². The van der Waals surface area contributed by atoms with Crippen molar-refractivity contribution in [2.75, 3.05) is 24.4 Å². The van der Waals surface area contributed by atoms with Crippen LogP contribution in [0.15, 0.2) is 29.2 Å². The van der Waals surface area contributed by atoms with Gasteiger partial charge in [-0.3, -0.25) is 0 Å². The zero-order valence-electron chi connectivity index (χ0n) is 11.0. The molecule has 19 heavy (non-hydrogen) atoms. The maximum atomic E-state index is 11.8. The number of nitrogen functional groups attached to an aromatic ring is 1. The Morgan fingerprint density at radius 3 is 2.42 bits per heavy atom. The number of hydrogen-bond donors (Lipinski definition) is 2. The van der Waals surface area contributed by atoms with Gasteiger partial charge in [-0.1, -0.05) is 18.2 Å². The third-order valence-corrected chi connectivity index (χ3v) is 3.97. The number of anilines is 2. The molecule has 7 heteroatoms. The molecule has 0 aliphatic carbocycles. The second-order valence-corrected chi connectivity index (χ2v) is 6.24. The van der Waals surface area contributed by atoms with Gasteiger partial charge in [-0.15, -0.1) is 5.10 Å². The van der Waals surface area contributed by atoms with Crippen molar-refractivity contribution in [2.24, 2.45) is 0 Å². The fourth-order valence-electron chi connectivity index (χ4n) is 1.93. The summed E-state index contributed by atoms with van der Waals surface area (Å²) < 4.78 is 25.0. The summed E-state index contributed by atoms with van der Waals surface area (Å²) >= 11 is 0. The normalized spacial score (nSPS) is 11.5. The van der Waals surface area contributed by atoms with Gasteiger partial charge in [0.05, 0.1) is 5.69 Å². The van der Waals surface area contributed by atoms with Crippen LogP contribution < -0.4 is 11.1 Å². The topological polar surface area (TPSA) is 90.0 Å². The standard InChI is InChI=1S/C12H16N4O2S/c1-8-6-4-5-7-9(8)16-11(13)10(19(3,17)18)12(14-2)15-16/h4-7H,13H2,1-3H3,(H,14,15). The van der Waals surface area contributed by atoms with E-state index in [4.69, 9.17) is 5.73 Å². The zero-order valence-corrected chi connectivity index (χ0v) is 11.8. The molecule has 1 aromatic carbocycles. The average Bonchev–Trinajstić information content (AvgIpc) is 2.66. The summed E-state index contributed by atoms with van der Waals surface area (Å²) in [6, 6.07) is 7.50. The number of rotatable bonds is 3. The highest BCUT2D eigenvalue weighted by molar-refractivity contribution is 7.91. The number of para-hydroxylation sites is 1. The van der Waals surface area contributed by atoms with Crippen LogP contribution in [0.5, 0.6) is 0 Å². The van der Waals surface area contributed by atoms with Crippen molar-refractivity contribution in [2.45, 2.75) is 11.8 Å². The fourth-order valence-corrected chi connectivity index (χ4v) is 2.89. The second-order valence-electron chi connectivity index (χ2n) is 4.28. The second kappa shape index (κ2) is 4.58. The van der Waals surface area contributed by atoms with Crippen LogP contribution in [0.4, 0.5) is 11.6 Å². The summed E-state index contributed by atoms with van der Waals surface area (Å²) in [6.07, 6.45) is 1.11. The Labute approximate surface area is 112 Å². The van der Waals surface area contributed by atoms with E-state index in [2.05, 4.69) is 10.4 Å². The SMILES string of the molecule is CNc1nn(-c2ccccc2C)c(N)c1S(C)(=O)=O. The molecule has 0 bridgehead atoms. The van der Waals surface area contributed by atoms with Crippen LogP contribution in [-0.4, -0.2) is 31.5 Å². The lowest BCUT2D eigenvalue weighted by atomic mass is 10.2. The summed E-state index contributed by atoms with van der Waals surface area (Å²) in [5.41, 5.74) is 7.66. The van der Waals surface area contributed by atoms with Crippen molar-refractivity contribution in [3.63, 3.8) is 0 Å². The van der Waals surface area contributed by atoms with Crippen LogP contribution in [0.3, 0.4) is 0 Å². The third kappa shape index (κ3) is 2.28. The fraction of sp³-hybridized carbons (Fsp3) is 0.250. The van der Waals surface area contributed by atoms with E-state index in [1.54, 1.807) is 7.05 Å². The predicted octanol–water partition coefficient (Wildman–Crippen LogP) is 1.21. The number of aromatic nitrogens is 2. The highest BCUT2D eigenvalue weighted by Crippen LogP contribution is 2.29. The van der Waals surface area contributed by atoms with Gasteiger partial charge in [0.1, 0.15) is 5.82 Å². The summed E-state index contributed by atoms with van der Waals surface area (Å²) in [5.74, 6) is 0.365. The van der Waals surface area contributed by atoms with Crippen LogP contribution in [0.25, 0.3) is 5.69 Å². The van der Waals surface area contributed by atoms with Crippen molar-refractivity contribution in [1.82, 2.24) is 9.78 Å². The van der Waals surface area contributed by atoms with Crippen LogP contribution in [0.2, 0.25) is 0 Å². The van der Waals surface area contributed by atoms with E-state index in [1.807, 2.05) is 31.2 Å². The van der Waals surface area contributed by atoms with Crippen molar-refractivity contribution in [3.8, 4) is 5.69 Å². The van der Waals surface area contributed by atoms with E-state index in [9.17, 15) is 8.42 Å². The molecule has 0 atom stereocenters. The number of nitrogens with zero attached hydrogens (tertiary/aromatic N) is 2. The minimum atomic E-state index is -3.45. The van der Waals surface area contributed by atoms with E-state index in [-0.39, 0.29) is 16.5 Å². The van der Waals surface area contributed by atoms with E-state index < -0.39 is 9.84 Å². The van der Waals surface area contributed by atoms with Gasteiger partial charge in [-0.05, 0) is 18.6 Å². The molecule has 1 aromatic heterocycles. The Bertz CT molecular complexity index is 719. The van der Waals surface area contributed by atoms with Crippen LogP contribution in [0, 0.1) is 6.92 Å². The number of benzene rings is 1. The molecular weight excluding hydrogens is 264 g/mol. The summed E-state index contributed by atoms with van der Waals surface area (Å²) in [7, 11) is -1.84. The molecule has 0 fully saturated rings. The molecule has 6 nitrogen and oxygen atoms in total. The highest BCUT2D eigenvalue weighted by atomic mass is 32.2. The van der Waals surface area contributed by atoms with Gasteiger partial charge in [0.2, 0.25) is 0 Å². The molecule has 1 heterocycles. The lowest BCUT2D eigenvalue weighted by molar-refractivity contribution is 0.602. The first-order chi connectivity index (χ1) is 8.86. The molecule has 0 unspecified atom stereocenters. The molecule has 2 aromatic rings. The van der Waals surface area contributed by atoms with Gasteiger partial charge in [0.15, 0.2) is 20.6 Å². The van der Waals surface area contributed by atoms with Crippen molar-refractivity contribution in [1.29, 1.82) is 0 Å². The summed E-state index contributed by atoms with van der Waals surface area (Å²) in [4.78, 5) is 0.0262.